The van der Waals surface area contributed by atoms with E-state index in [0.29, 0.717) is 0 Å². The van der Waals surface area contributed by atoms with Gasteiger partial charge in [-0.3, -0.25) is 77.1 Å². The minimum Gasteiger partial charge on any atom is -0.481 e. The molecular weight excluding hydrogens is 746 g/mol. The van der Waals surface area contributed by atoms with E-state index in [1.807, 2.05) is 0 Å². The van der Waals surface area contributed by atoms with E-state index in [0.717, 1.165) is 68.2 Å². The number of ether oxygens (including phenoxy) is 2. The number of carboxylic acid groups (broad SMARTS) is 1. The highest BCUT2D eigenvalue weighted by molar-refractivity contribution is 6.15. The van der Waals surface area contributed by atoms with E-state index >= 15 is 0 Å². The molecule has 0 saturated carbocycles. The summed E-state index contributed by atoms with van der Waals surface area (Å²) < 4.78 is 11.1. The standard InChI is InChI=1S/C34H37N7O15/c42-23(19-55-21(15-38-26(45)1-2-27(38)46)16-39-28(47)3-4-29(39)48)35-11-13-37(25(44)9-10-34(53)54)14-12-36-24(43)20-56-22(17-40-30(49)5-6-31(40)50)18-41-32(51)7-8-33(41)52/h1-8,21-22H,9-20H2,(H,35,42)(H,36,43)(H,53,54). The average Bonchev–Trinajstić information content (AvgIpc) is 3.86. The molecule has 0 spiro atoms. The molecule has 3 N–H and O–H groups in total. The number of nitrogens with zero attached hydrogens (tertiary/aromatic N) is 5. The summed E-state index contributed by atoms with van der Waals surface area (Å²) in [6, 6.07) is 0. The van der Waals surface area contributed by atoms with Gasteiger partial charge in [0.05, 0.1) is 44.8 Å². The Morgan fingerprint density at radius 1 is 0.518 bits per heavy atom. The zero-order valence-corrected chi connectivity index (χ0v) is 29.7. The van der Waals surface area contributed by atoms with Gasteiger partial charge in [0.2, 0.25) is 17.7 Å². The topological polar surface area (TPSA) is 284 Å². The van der Waals surface area contributed by atoms with Gasteiger partial charge in [-0.2, -0.15) is 0 Å². The first kappa shape index (κ1) is 42.1. The van der Waals surface area contributed by atoms with Crippen molar-refractivity contribution in [3.05, 3.63) is 48.6 Å². The monoisotopic (exact) mass is 783 g/mol. The Labute approximate surface area is 317 Å². The molecule has 11 amide bonds. The molecule has 0 fully saturated rings. The number of carbonyl (C=O) groups excluding carboxylic acids is 11. The first-order chi connectivity index (χ1) is 26.6. The number of aliphatic carboxylic acids is 1. The lowest BCUT2D eigenvalue weighted by Crippen LogP contribution is -2.47. The van der Waals surface area contributed by atoms with E-state index in [9.17, 15) is 57.5 Å². The predicted molar refractivity (Wildman–Crippen MR) is 182 cm³/mol. The third kappa shape index (κ3) is 11.9. The van der Waals surface area contributed by atoms with Gasteiger partial charge in [0.25, 0.3) is 47.3 Å². The maximum absolute atomic E-state index is 12.8. The van der Waals surface area contributed by atoms with Crippen LogP contribution in [0, 0.1) is 0 Å². The molecule has 0 aromatic carbocycles. The first-order valence-electron chi connectivity index (χ1n) is 17.0. The fourth-order valence-electron chi connectivity index (χ4n) is 5.47. The Balaban J connectivity index is 1.26. The van der Waals surface area contributed by atoms with Gasteiger partial charge in [-0.05, 0) is 0 Å². The second-order valence-electron chi connectivity index (χ2n) is 12.3. The minimum atomic E-state index is -1.24. The molecule has 0 atom stereocenters. The van der Waals surface area contributed by atoms with Crippen molar-refractivity contribution in [2.75, 3.05) is 65.6 Å². The van der Waals surface area contributed by atoms with Gasteiger partial charge in [0.1, 0.15) is 13.2 Å². The Hall–Kier alpha value is -6.68. The number of amides is 11. The highest BCUT2D eigenvalue weighted by Crippen LogP contribution is 2.13. The lowest BCUT2D eigenvalue weighted by molar-refractivity contribution is -0.145. The van der Waals surface area contributed by atoms with Gasteiger partial charge in [-0.25, -0.2) is 0 Å². The van der Waals surface area contributed by atoms with Crippen LogP contribution >= 0.6 is 0 Å². The van der Waals surface area contributed by atoms with Crippen LogP contribution in [0.4, 0.5) is 0 Å². The summed E-state index contributed by atoms with van der Waals surface area (Å²) in [5.74, 6) is -8.50. The molecule has 22 nitrogen and oxygen atoms in total. The third-order valence-electron chi connectivity index (χ3n) is 8.36. The summed E-state index contributed by atoms with van der Waals surface area (Å²) in [5, 5.41) is 14.0. The molecular formula is C34H37N7O15. The number of imide groups is 4. The summed E-state index contributed by atoms with van der Waals surface area (Å²) in [4.78, 5) is 150. The zero-order valence-electron chi connectivity index (χ0n) is 29.7. The number of rotatable bonds is 23. The quantitative estimate of drug-likeness (QED) is 0.0822. The lowest BCUT2D eigenvalue weighted by atomic mass is 10.2. The van der Waals surface area contributed by atoms with Crippen LogP contribution in [0.15, 0.2) is 48.6 Å². The molecule has 22 heteroatoms. The highest BCUT2D eigenvalue weighted by atomic mass is 16.5. The van der Waals surface area contributed by atoms with E-state index in [2.05, 4.69) is 10.6 Å². The molecule has 0 bridgehead atoms. The molecule has 0 unspecified atom stereocenters. The smallest absolute Gasteiger partial charge is 0.303 e. The molecule has 0 aromatic heterocycles. The van der Waals surface area contributed by atoms with Crippen molar-refractivity contribution in [1.82, 2.24) is 35.1 Å². The van der Waals surface area contributed by atoms with Crippen molar-refractivity contribution in [2.45, 2.75) is 25.0 Å². The molecule has 0 radical (unpaired) electrons. The molecule has 0 aliphatic carbocycles. The van der Waals surface area contributed by atoms with E-state index in [-0.39, 0.29) is 52.4 Å². The van der Waals surface area contributed by atoms with Crippen molar-refractivity contribution >= 4 is 70.9 Å². The van der Waals surface area contributed by atoms with Gasteiger partial charge in [0.15, 0.2) is 0 Å². The molecule has 298 valence electrons. The normalized spacial score (nSPS) is 16.3. The molecule has 4 rings (SSSR count). The van der Waals surface area contributed by atoms with E-state index in [1.54, 1.807) is 0 Å². The molecule has 4 aliphatic heterocycles. The van der Waals surface area contributed by atoms with Crippen LogP contribution in [0.3, 0.4) is 0 Å². The van der Waals surface area contributed by atoms with Crippen LogP contribution in [0.2, 0.25) is 0 Å². The van der Waals surface area contributed by atoms with Crippen molar-refractivity contribution in [3.8, 4) is 0 Å². The fraction of sp³-hybridized carbons (Fsp3) is 0.412. The van der Waals surface area contributed by atoms with Gasteiger partial charge < -0.3 is 30.1 Å². The second-order valence-corrected chi connectivity index (χ2v) is 12.3. The summed E-state index contributed by atoms with van der Waals surface area (Å²) >= 11 is 0. The molecule has 4 heterocycles. The highest BCUT2D eigenvalue weighted by Gasteiger charge is 2.34. The second kappa shape index (κ2) is 19.6. The zero-order chi connectivity index (χ0) is 40.9. The lowest BCUT2D eigenvalue weighted by Gasteiger charge is -2.26. The fourth-order valence-corrected chi connectivity index (χ4v) is 5.47. The molecule has 56 heavy (non-hydrogen) atoms. The Morgan fingerprint density at radius 3 is 1.07 bits per heavy atom. The molecule has 4 aliphatic rings. The summed E-state index contributed by atoms with van der Waals surface area (Å²) in [6.45, 7) is -3.41. The van der Waals surface area contributed by atoms with E-state index in [1.165, 1.54) is 4.90 Å². The van der Waals surface area contributed by atoms with Gasteiger partial charge in [-0.1, -0.05) is 0 Å². The van der Waals surface area contributed by atoms with E-state index in [4.69, 9.17) is 14.6 Å². The van der Waals surface area contributed by atoms with Crippen LogP contribution in [0.25, 0.3) is 0 Å². The molecule has 0 saturated heterocycles. The van der Waals surface area contributed by atoms with Crippen molar-refractivity contribution in [2.24, 2.45) is 0 Å². The Kier molecular flexibility index (Phi) is 14.7. The van der Waals surface area contributed by atoms with Crippen molar-refractivity contribution in [3.63, 3.8) is 0 Å². The number of hydrogen-bond acceptors (Lipinski definition) is 14. The number of nitrogens with one attached hydrogen (secondary N) is 2. The third-order valence-corrected chi connectivity index (χ3v) is 8.36. The number of carboxylic acids is 1. The minimum absolute atomic E-state index is 0.148. The van der Waals surface area contributed by atoms with Crippen LogP contribution in [-0.2, 0) is 67.0 Å². The summed E-state index contributed by atoms with van der Waals surface area (Å²) in [7, 11) is 0. The van der Waals surface area contributed by atoms with Crippen LogP contribution in [0.1, 0.15) is 12.8 Å². The number of hydrogen-bond donors (Lipinski definition) is 3. The SMILES string of the molecule is O=C(O)CCC(=O)N(CCNC(=O)COC(CN1C(=O)C=CC1=O)CN1C(=O)C=CC1=O)CCNC(=O)COC(CN1C(=O)C=CC1=O)CN1C(=O)C=CC1=O. The summed E-state index contributed by atoms with van der Waals surface area (Å²) in [5.41, 5.74) is 0. The van der Waals surface area contributed by atoms with Crippen LogP contribution in [-0.4, -0.2) is 178 Å². The average molecular weight is 784 g/mol. The number of carbonyl (C=O) groups is 12. The predicted octanol–water partition coefficient (Wildman–Crippen LogP) is -4.62. The Bertz CT molecular complexity index is 1540. The van der Waals surface area contributed by atoms with Gasteiger partial charge in [-0.15, -0.1) is 0 Å². The van der Waals surface area contributed by atoms with Crippen molar-refractivity contribution < 1.29 is 72.1 Å². The van der Waals surface area contributed by atoms with Crippen LogP contribution < -0.4 is 10.6 Å². The Morgan fingerprint density at radius 2 is 0.804 bits per heavy atom. The van der Waals surface area contributed by atoms with Gasteiger partial charge >= 0.3 is 5.97 Å². The van der Waals surface area contributed by atoms with Gasteiger partial charge in [0, 0.05) is 81.2 Å². The maximum Gasteiger partial charge on any atom is 0.303 e. The first-order valence-corrected chi connectivity index (χ1v) is 17.0. The van der Waals surface area contributed by atoms with Crippen LogP contribution in [0.5, 0.6) is 0 Å². The summed E-state index contributed by atoms with van der Waals surface area (Å²) in [6.07, 6.45) is 5.08. The van der Waals surface area contributed by atoms with E-state index < -0.39 is 109 Å². The largest absolute Gasteiger partial charge is 0.481 e. The van der Waals surface area contributed by atoms with Crippen molar-refractivity contribution in [1.29, 1.82) is 0 Å². The molecule has 0 aromatic rings. The maximum atomic E-state index is 12.8.